The second-order valence-corrected chi connectivity index (χ2v) is 7.01. The number of aromatic nitrogens is 2. The maximum Gasteiger partial charge on any atom is 0.240 e. The lowest BCUT2D eigenvalue weighted by atomic mass is 9.89. The van der Waals surface area contributed by atoms with Gasteiger partial charge in [-0.15, -0.1) is 0 Å². The van der Waals surface area contributed by atoms with Gasteiger partial charge in [0, 0.05) is 25.7 Å². The molecular weight excluding hydrogens is 371 g/mol. The number of carbonyl (C=O) groups excluding carboxylic acids is 1. The van der Waals surface area contributed by atoms with Crippen molar-refractivity contribution in [3.05, 3.63) is 41.8 Å². The summed E-state index contributed by atoms with van der Waals surface area (Å²) >= 11 is 0. The lowest BCUT2D eigenvalue weighted by Gasteiger charge is -2.38. The Hall–Kier alpha value is -3.18. The molecule has 152 valence electrons. The van der Waals surface area contributed by atoms with E-state index >= 15 is 0 Å². The molecule has 1 aliphatic heterocycles. The first-order valence-corrected chi connectivity index (χ1v) is 9.60. The van der Waals surface area contributed by atoms with Crippen molar-refractivity contribution in [1.29, 1.82) is 0 Å². The van der Waals surface area contributed by atoms with Crippen molar-refractivity contribution in [2.45, 2.75) is 31.7 Å². The maximum absolute atomic E-state index is 13.0. The smallest absolute Gasteiger partial charge is 0.240 e. The second kappa shape index (κ2) is 9.34. The van der Waals surface area contributed by atoms with E-state index in [1.165, 1.54) is 12.1 Å². The molecule has 3 rings (SSSR count). The van der Waals surface area contributed by atoms with Crippen LogP contribution in [0.1, 0.15) is 31.7 Å². The van der Waals surface area contributed by atoms with E-state index in [4.69, 9.17) is 0 Å². The van der Waals surface area contributed by atoms with Crippen LogP contribution in [-0.4, -0.2) is 41.6 Å². The zero-order valence-corrected chi connectivity index (χ0v) is 16.6. The summed E-state index contributed by atoms with van der Waals surface area (Å²) in [5, 5.41) is 12.1. The summed E-state index contributed by atoms with van der Waals surface area (Å²) in [6.07, 6.45) is 3.94. The average molecular weight is 396 g/mol. The first-order valence-electron chi connectivity index (χ1n) is 9.60. The van der Waals surface area contributed by atoms with Crippen LogP contribution in [-0.2, 0) is 4.79 Å². The van der Waals surface area contributed by atoms with Crippen LogP contribution in [0.15, 0.2) is 30.5 Å². The highest BCUT2D eigenvalue weighted by Crippen LogP contribution is 2.18. The number of carbonyl (C=O) groups is 1. The lowest BCUT2D eigenvalue weighted by Crippen LogP contribution is -2.63. The standard InChI is InChI=1S/C21H25FN6O/c1-21(11-13-26-21)19(29)24-12-5-3-4-6-15-14-25-20(28-18(15)23-2)27-17-9-7-16(22)8-10-17/h7-10,14,26H,3,5,11-13H2,1-2H3,(H,24,29)(H2,23,25,27,28)/t21-/m0/s1. The molecule has 0 bridgehead atoms. The first-order chi connectivity index (χ1) is 14.0. The summed E-state index contributed by atoms with van der Waals surface area (Å²) in [5.74, 6) is 6.91. The number of halogens is 1. The van der Waals surface area contributed by atoms with Gasteiger partial charge in [-0.2, -0.15) is 4.98 Å². The minimum absolute atomic E-state index is 0.0480. The van der Waals surface area contributed by atoms with Crippen molar-refractivity contribution in [3.8, 4) is 11.8 Å². The van der Waals surface area contributed by atoms with Gasteiger partial charge in [0.25, 0.3) is 0 Å². The monoisotopic (exact) mass is 396 g/mol. The van der Waals surface area contributed by atoms with E-state index in [1.54, 1.807) is 25.4 Å². The van der Waals surface area contributed by atoms with Crippen LogP contribution >= 0.6 is 0 Å². The van der Waals surface area contributed by atoms with Crippen LogP contribution in [0, 0.1) is 17.7 Å². The van der Waals surface area contributed by atoms with Gasteiger partial charge in [0.15, 0.2) is 0 Å². The molecule has 2 heterocycles. The number of amides is 1. The Balaban J connectivity index is 1.50. The van der Waals surface area contributed by atoms with Gasteiger partial charge in [0.2, 0.25) is 11.9 Å². The van der Waals surface area contributed by atoms with E-state index in [2.05, 4.69) is 43.1 Å². The maximum atomic E-state index is 13.0. The topological polar surface area (TPSA) is 91.0 Å². The number of unbranched alkanes of at least 4 members (excludes halogenated alkanes) is 1. The van der Waals surface area contributed by atoms with Crippen molar-refractivity contribution < 1.29 is 9.18 Å². The molecule has 1 amide bonds. The Kier molecular flexibility index (Phi) is 6.62. The van der Waals surface area contributed by atoms with Crippen LogP contribution in [0.3, 0.4) is 0 Å². The number of rotatable bonds is 7. The SMILES string of the molecule is CNc1nc(Nc2ccc(F)cc2)ncc1C#CCCCNC(=O)[C@]1(C)CCN1. The minimum atomic E-state index is -0.408. The lowest BCUT2D eigenvalue weighted by molar-refractivity contribution is -0.129. The van der Waals surface area contributed by atoms with Gasteiger partial charge in [-0.3, -0.25) is 4.79 Å². The molecule has 29 heavy (non-hydrogen) atoms. The van der Waals surface area contributed by atoms with Crippen LogP contribution < -0.4 is 21.3 Å². The summed E-state index contributed by atoms with van der Waals surface area (Å²) in [4.78, 5) is 20.7. The molecule has 8 heteroatoms. The molecule has 1 aromatic heterocycles. The molecule has 1 atom stereocenters. The van der Waals surface area contributed by atoms with Crippen molar-refractivity contribution in [2.24, 2.45) is 0 Å². The van der Waals surface area contributed by atoms with Crippen molar-refractivity contribution in [2.75, 3.05) is 30.8 Å². The summed E-state index contributed by atoms with van der Waals surface area (Å²) in [7, 11) is 1.76. The number of anilines is 3. The summed E-state index contributed by atoms with van der Waals surface area (Å²) in [5.41, 5.74) is 0.974. The van der Waals surface area contributed by atoms with Gasteiger partial charge in [-0.25, -0.2) is 9.37 Å². The van der Waals surface area contributed by atoms with Crippen LogP contribution in [0.4, 0.5) is 21.8 Å². The third kappa shape index (κ3) is 5.42. The van der Waals surface area contributed by atoms with Gasteiger partial charge in [0.05, 0.1) is 17.3 Å². The molecule has 0 aliphatic carbocycles. The largest absolute Gasteiger partial charge is 0.372 e. The average Bonchev–Trinajstić information content (AvgIpc) is 2.70. The Labute approximate surface area is 169 Å². The zero-order chi connectivity index (χ0) is 20.7. The Bertz CT molecular complexity index is 915. The fraction of sp³-hybridized carbons (Fsp3) is 0.381. The number of benzene rings is 1. The molecule has 7 nitrogen and oxygen atoms in total. The van der Waals surface area contributed by atoms with Crippen molar-refractivity contribution in [1.82, 2.24) is 20.6 Å². The van der Waals surface area contributed by atoms with E-state index < -0.39 is 5.54 Å². The third-order valence-electron chi connectivity index (χ3n) is 4.75. The summed E-state index contributed by atoms with van der Waals surface area (Å²) < 4.78 is 13.0. The normalized spacial score (nSPS) is 17.5. The Morgan fingerprint density at radius 3 is 2.76 bits per heavy atom. The van der Waals surface area contributed by atoms with E-state index in [1.807, 2.05) is 6.92 Å². The fourth-order valence-corrected chi connectivity index (χ4v) is 2.81. The molecule has 1 fully saturated rings. The van der Waals surface area contributed by atoms with Crippen LogP contribution in [0.5, 0.6) is 0 Å². The van der Waals surface area contributed by atoms with E-state index in [0.717, 1.165) is 19.4 Å². The van der Waals surface area contributed by atoms with E-state index in [9.17, 15) is 9.18 Å². The fourth-order valence-electron chi connectivity index (χ4n) is 2.81. The van der Waals surface area contributed by atoms with Crippen molar-refractivity contribution in [3.63, 3.8) is 0 Å². The third-order valence-corrected chi connectivity index (χ3v) is 4.75. The Morgan fingerprint density at radius 1 is 1.34 bits per heavy atom. The number of hydrogen-bond donors (Lipinski definition) is 4. The molecule has 4 N–H and O–H groups in total. The van der Waals surface area contributed by atoms with Crippen LogP contribution in [0.25, 0.3) is 0 Å². The van der Waals surface area contributed by atoms with Gasteiger partial charge in [-0.1, -0.05) is 11.8 Å². The molecular formula is C21H25FN6O. The number of nitrogens with zero attached hydrogens (tertiary/aromatic N) is 2. The van der Waals surface area contributed by atoms with Gasteiger partial charge >= 0.3 is 0 Å². The highest BCUT2D eigenvalue weighted by Gasteiger charge is 2.38. The quantitative estimate of drug-likeness (QED) is 0.424. The molecule has 1 aromatic carbocycles. The van der Waals surface area contributed by atoms with Gasteiger partial charge < -0.3 is 21.3 Å². The Morgan fingerprint density at radius 2 is 2.10 bits per heavy atom. The molecule has 0 radical (unpaired) electrons. The highest BCUT2D eigenvalue weighted by molar-refractivity contribution is 5.86. The zero-order valence-electron chi connectivity index (χ0n) is 16.6. The predicted octanol–water partition coefficient (Wildman–Crippen LogP) is 2.40. The molecule has 0 saturated carbocycles. The van der Waals surface area contributed by atoms with Gasteiger partial charge in [-0.05, 0) is 50.6 Å². The predicted molar refractivity (Wildman–Crippen MR) is 111 cm³/mol. The number of nitrogens with one attached hydrogen (secondary N) is 4. The summed E-state index contributed by atoms with van der Waals surface area (Å²) in [6, 6.07) is 5.97. The van der Waals surface area contributed by atoms with Crippen molar-refractivity contribution >= 4 is 23.4 Å². The number of hydrogen-bond acceptors (Lipinski definition) is 6. The molecule has 0 spiro atoms. The molecule has 2 aromatic rings. The second-order valence-electron chi connectivity index (χ2n) is 7.01. The highest BCUT2D eigenvalue weighted by atomic mass is 19.1. The van der Waals surface area contributed by atoms with E-state index in [0.29, 0.717) is 36.0 Å². The molecule has 1 saturated heterocycles. The molecule has 1 aliphatic rings. The molecule has 0 unspecified atom stereocenters. The van der Waals surface area contributed by atoms with E-state index in [-0.39, 0.29) is 11.7 Å². The van der Waals surface area contributed by atoms with Gasteiger partial charge in [0.1, 0.15) is 11.6 Å². The first kappa shape index (κ1) is 20.6. The van der Waals surface area contributed by atoms with Crippen LogP contribution in [0.2, 0.25) is 0 Å². The summed E-state index contributed by atoms with van der Waals surface area (Å²) in [6.45, 7) is 3.41. The minimum Gasteiger partial charge on any atom is -0.372 e.